The summed E-state index contributed by atoms with van der Waals surface area (Å²) in [6.45, 7) is 3.23. The van der Waals surface area contributed by atoms with E-state index in [0.717, 1.165) is 12.8 Å². The number of carbonyl (C=O) groups is 2. The van der Waals surface area contributed by atoms with Crippen LogP contribution in [0.1, 0.15) is 61.1 Å². The minimum Gasteiger partial charge on any atom is -0.489 e. The summed E-state index contributed by atoms with van der Waals surface area (Å²) >= 11 is 6.17. The van der Waals surface area contributed by atoms with Crippen molar-refractivity contribution in [2.24, 2.45) is 5.73 Å². The molecule has 2 atom stereocenters. The molecule has 10 heteroatoms. The van der Waals surface area contributed by atoms with Gasteiger partial charge in [0.05, 0.1) is 16.8 Å². The molecule has 3 heterocycles. The molecule has 1 amide bonds. The summed E-state index contributed by atoms with van der Waals surface area (Å²) in [5.74, 6) is -0.337. The molecule has 1 aliphatic carbocycles. The average molecular weight is 590 g/mol. The molecule has 42 heavy (non-hydrogen) atoms. The van der Waals surface area contributed by atoms with Crippen molar-refractivity contribution in [3.63, 3.8) is 0 Å². The van der Waals surface area contributed by atoms with E-state index in [1.165, 1.54) is 12.1 Å². The van der Waals surface area contributed by atoms with Gasteiger partial charge in [-0.1, -0.05) is 11.6 Å². The largest absolute Gasteiger partial charge is 0.489 e. The molecule has 1 aliphatic heterocycles. The Hall–Kier alpha value is -4.08. The summed E-state index contributed by atoms with van der Waals surface area (Å²) in [5.41, 5.74) is 5.67. The highest BCUT2D eigenvalue weighted by atomic mass is 35.5. The third-order valence-electron chi connectivity index (χ3n) is 7.98. The monoisotopic (exact) mass is 589 g/mol. The van der Waals surface area contributed by atoms with Crippen LogP contribution in [0.25, 0.3) is 22.2 Å². The molecule has 0 radical (unpaired) electrons. The van der Waals surface area contributed by atoms with E-state index in [1.54, 1.807) is 56.4 Å². The van der Waals surface area contributed by atoms with Crippen LogP contribution in [0, 0.1) is 5.82 Å². The number of primary amides is 1. The van der Waals surface area contributed by atoms with Crippen LogP contribution in [-0.2, 0) is 15.8 Å². The van der Waals surface area contributed by atoms with E-state index in [4.69, 9.17) is 31.8 Å². The van der Waals surface area contributed by atoms with Gasteiger partial charge in [-0.3, -0.25) is 14.6 Å². The molecule has 1 saturated carbocycles. The number of ether oxygens (including phenoxy) is 2. The molecule has 0 bridgehead atoms. The second-order valence-electron chi connectivity index (χ2n) is 11.4. The quantitative estimate of drug-likeness (QED) is 0.242. The Labute approximate surface area is 246 Å². The van der Waals surface area contributed by atoms with Gasteiger partial charge in [-0.2, -0.15) is 0 Å². The number of fused-ring (bicyclic) bond motifs is 2. The van der Waals surface area contributed by atoms with E-state index in [9.17, 15) is 19.1 Å². The van der Waals surface area contributed by atoms with Gasteiger partial charge in [0.25, 0.3) is 0 Å². The maximum absolute atomic E-state index is 13.7. The first-order chi connectivity index (χ1) is 19.9. The fourth-order valence-electron chi connectivity index (χ4n) is 5.10. The Morgan fingerprint density at radius 1 is 1.21 bits per heavy atom. The number of halogens is 2. The number of aromatic nitrogens is 2. The Morgan fingerprint density at radius 2 is 1.95 bits per heavy atom. The minimum absolute atomic E-state index is 0.00369. The summed E-state index contributed by atoms with van der Waals surface area (Å²) in [6, 6.07) is 12.4. The van der Waals surface area contributed by atoms with Gasteiger partial charge in [0.15, 0.2) is 5.78 Å². The number of hydrogen-bond acceptors (Lipinski definition) is 7. The van der Waals surface area contributed by atoms with Crippen LogP contribution < -0.4 is 15.2 Å². The van der Waals surface area contributed by atoms with Crippen LogP contribution >= 0.6 is 11.6 Å². The minimum atomic E-state index is -1.57. The predicted molar refractivity (Wildman–Crippen MR) is 155 cm³/mol. The fourth-order valence-corrected chi connectivity index (χ4v) is 5.27. The molecule has 2 aromatic heterocycles. The molecule has 4 aromatic rings. The van der Waals surface area contributed by atoms with Gasteiger partial charge in [0, 0.05) is 34.7 Å². The predicted octanol–water partition coefficient (Wildman–Crippen LogP) is 5.64. The van der Waals surface area contributed by atoms with Gasteiger partial charge in [0.1, 0.15) is 46.1 Å². The molecule has 3 N–H and O–H groups in total. The van der Waals surface area contributed by atoms with Crippen molar-refractivity contribution >= 4 is 34.2 Å². The number of nitrogens with two attached hydrogens (primary N) is 1. The van der Waals surface area contributed by atoms with Crippen molar-refractivity contribution in [2.75, 3.05) is 6.61 Å². The summed E-state index contributed by atoms with van der Waals surface area (Å²) in [6.07, 6.45) is 3.56. The van der Waals surface area contributed by atoms with Gasteiger partial charge in [-0.05, 0) is 81.6 Å². The number of amides is 1. The topological polar surface area (TPSA) is 125 Å². The number of Topliss-reactive ketones (excluding diaryl/α,β-unsaturated/α-hetero) is 1. The number of hydrogen-bond donors (Lipinski definition) is 2. The number of nitrogens with zero attached hydrogens (tertiary/aromatic N) is 2. The molecular formula is C32H29ClFN3O5. The average Bonchev–Trinajstić information content (AvgIpc) is 3.71. The van der Waals surface area contributed by atoms with Crippen molar-refractivity contribution in [1.29, 1.82) is 0 Å². The van der Waals surface area contributed by atoms with Gasteiger partial charge < -0.3 is 20.3 Å². The van der Waals surface area contributed by atoms with E-state index in [2.05, 4.69) is 4.98 Å². The Balaban J connectivity index is 1.33. The van der Waals surface area contributed by atoms with Crippen molar-refractivity contribution in [3.8, 4) is 22.8 Å². The zero-order valence-corrected chi connectivity index (χ0v) is 23.9. The lowest BCUT2D eigenvalue weighted by molar-refractivity contribution is -0.123. The van der Waals surface area contributed by atoms with Crippen LogP contribution in [-0.4, -0.2) is 39.5 Å². The third kappa shape index (κ3) is 5.18. The third-order valence-corrected chi connectivity index (χ3v) is 8.19. The van der Waals surface area contributed by atoms with E-state index in [0.29, 0.717) is 49.8 Å². The smallest absolute Gasteiger partial charge is 0.231 e. The van der Waals surface area contributed by atoms with Crippen LogP contribution in [0.2, 0.25) is 5.02 Å². The Kier molecular flexibility index (Phi) is 6.90. The maximum Gasteiger partial charge on any atom is 0.231 e. The highest BCUT2D eigenvalue weighted by molar-refractivity contribution is 6.31. The van der Waals surface area contributed by atoms with Crippen LogP contribution in [0.15, 0.2) is 54.7 Å². The maximum atomic E-state index is 13.7. The molecule has 8 nitrogen and oxygen atoms in total. The molecule has 0 saturated heterocycles. The molecule has 2 aromatic carbocycles. The molecule has 2 aliphatic rings. The normalized spacial score (nSPS) is 19.2. The lowest BCUT2D eigenvalue weighted by Gasteiger charge is -2.26. The SMILES string of the molecule is C[C@](O)(CCC(=O)c1cc(OC2CC2)c2ncc(Cl)cc2c1)c1cc2c(c(-c3ccc(F)cc3)n1)OC[C@]2(C)C(N)=O. The lowest BCUT2D eigenvalue weighted by atomic mass is 9.81. The molecule has 216 valence electrons. The fraction of sp³-hybridized carbons (Fsp3) is 0.312. The molecular weight excluding hydrogens is 561 g/mol. The zero-order valence-electron chi connectivity index (χ0n) is 23.1. The van der Waals surface area contributed by atoms with E-state index in [-0.39, 0.29) is 37.0 Å². The van der Waals surface area contributed by atoms with E-state index < -0.39 is 22.7 Å². The summed E-state index contributed by atoms with van der Waals surface area (Å²) < 4.78 is 25.6. The highest BCUT2D eigenvalue weighted by Gasteiger charge is 2.45. The zero-order chi connectivity index (χ0) is 29.8. The number of rotatable bonds is 9. The summed E-state index contributed by atoms with van der Waals surface area (Å²) in [5, 5.41) is 12.8. The van der Waals surface area contributed by atoms with Gasteiger partial charge in [-0.15, -0.1) is 0 Å². The molecule has 6 rings (SSSR count). The molecule has 1 fully saturated rings. The number of carbonyl (C=O) groups excluding carboxylic acids is 2. The van der Waals surface area contributed by atoms with Crippen molar-refractivity contribution in [1.82, 2.24) is 9.97 Å². The van der Waals surface area contributed by atoms with Crippen LogP contribution in [0.4, 0.5) is 4.39 Å². The van der Waals surface area contributed by atoms with E-state index in [1.807, 2.05) is 0 Å². The standard InChI is InChI=1S/C32H29ClFN3O5/c1-31(30(35)39)16-41-29-23(31)14-26(37-28(29)17-3-5-21(34)6-4-17)32(2,40)10-9-24(38)18-11-19-12-20(33)15-36-27(19)25(13-18)42-22-7-8-22/h3-6,11-15,22,40H,7-10,16H2,1-2H3,(H2,35,39)/t31-,32-/m0/s1. The van der Waals surface area contributed by atoms with Gasteiger partial charge >= 0.3 is 0 Å². The second kappa shape index (κ2) is 10.3. The first-order valence-electron chi connectivity index (χ1n) is 13.7. The van der Waals surface area contributed by atoms with Crippen LogP contribution in [0.5, 0.6) is 11.5 Å². The number of ketones is 1. The van der Waals surface area contributed by atoms with Gasteiger partial charge in [0.2, 0.25) is 5.91 Å². The van der Waals surface area contributed by atoms with Crippen molar-refractivity contribution in [3.05, 3.63) is 82.4 Å². The Bertz CT molecular complexity index is 1740. The van der Waals surface area contributed by atoms with E-state index >= 15 is 0 Å². The second-order valence-corrected chi connectivity index (χ2v) is 11.9. The molecule has 0 spiro atoms. The summed E-state index contributed by atoms with van der Waals surface area (Å²) in [4.78, 5) is 35.0. The molecule has 0 unspecified atom stereocenters. The number of benzene rings is 2. The van der Waals surface area contributed by atoms with Crippen molar-refractivity contribution < 1.29 is 28.6 Å². The van der Waals surface area contributed by atoms with Crippen LogP contribution in [0.3, 0.4) is 0 Å². The van der Waals surface area contributed by atoms with Crippen molar-refractivity contribution in [2.45, 2.75) is 56.7 Å². The first kappa shape index (κ1) is 28.1. The van der Waals surface area contributed by atoms with Gasteiger partial charge in [-0.25, -0.2) is 9.37 Å². The Morgan fingerprint density at radius 3 is 2.64 bits per heavy atom. The number of pyridine rings is 2. The lowest BCUT2D eigenvalue weighted by Crippen LogP contribution is -2.40. The highest BCUT2D eigenvalue weighted by Crippen LogP contribution is 2.46. The first-order valence-corrected chi connectivity index (χ1v) is 14.1. The number of aliphatic hydroxyl groups is 1. The summed E-state index contributed by atoms with van der Waals surface area (Å²) in [7, 11) is 0.